The Morgan fingerprint density at radius 1 is 1.33 bits per heavy atom. The first-order chi connectivity index (χ1) is 11.7. The Morgan fingerprint density at radius 2 is 2.17 bits per heavy atom. The Bertz CT molecular complexity index is 912. The zero-order valence-electron chi connectivity index (χ0n) is 13.3. The summed E-state index contributed by atoms with van der Waals surface area (Å²) in [5.41, 5.74) is 4.02. The lowest BCUT2D eigenvalue weighted by atomic mass is 9.97. The van der Waals surface area contributed by atoms with Crippen molar-refractivity contribution in [1.82, 2.24) is 9.38 Å². The summed E-state index contributed by atoms with van der Waals surface area (Å²) >= 11 is 0. The van der Waals surface area contributed by atoms with Crippen LogP contribution in [-0.2, 0) is 4.74 Å². The van der Waals surface area contributed by atoms with Crippen LogP contribution in [0.3, 0.4) is 0 Å². The first kappa shape index (κ1) is 14.9. The van der Waals surface area contributed by atoms with Crippen LogP contribution >= 0.6 is 0 Å². The van der Waals surface area contributed by atoms with Crippen molar-refractivity contribution in [2.75, 3.05) is 7.11 Å². The minimum absolute atomic E-state index is 0.410. The number of carbonyl (C=O) groups is 1. The number of aliphatic hydroxyl groups excluding tert-OH is 1. The fraction of sp³-hybridized carbons (Fsp3) is 0.263. The number of hydrogen-bond donors (Lipinski definition) is 1. The van der Waals surface area contributed by atoms with Gasteiger partial charge in [0.1, 0.15) is 6.10 Å². The maximum absolute atomic E-state index is 11.8. The van der Waals surface area contributed by atoms with Crippen molar-refractivity contribution in [1.29, 1.82) is 0 Å². The maximum atomic E-state index is 11.8. The van der Waals surface area contributed by atoms with E-state index in [-0.39, 0.29) is 0 Å². The normalized spacial score (nSPS) is 15.4. The number of imidazole rings is 1. The second-order valence-corrected chi connectivity index (χ2v) is 6.16. The monoisotopic (exact) mass is 322 g/mol. The molecule has 0 spiro atoms. The van der Waals surface area contributed by atoms with Crippen LogP contribution in [0.5, 0.6) is 0 Å². The van der Waals surface area contributed by atoms with E-state index in [9.17, 15) is 9.90 Å². The first-order valence-electron chi connectivity index (χ1n) is 8.00. The zero-order chi connectivity index (χ0) is 16.7. The van der Waals surface area contributed by atoms with Gasteiger partial charge in [0.25, 0.3) is 0 Å². The second kappa shape index (κ2) is 5.76. The molecule has 0 saturated heterocycles. The molecule has 1 aliphatic rings. The lowest BCUT2D eigenvalue weighted by molar-refractivity contribution is 0.0600. The van der Waals surface area contributed by atoms with Crippen molar-refractivity contribution >= 4 is 11.5 Å². The van der Waals surface area contributed by atoms with E-state index in [0.717, 1.165) is 29.6 Å². The highest BCUT2D eigenvalue weighted by molar-refractivity contribution is 5.89. The number of esters is 1. The van der Waals surface area contributed by atoms with Crippen LogP contribution in [0.15, 0.2) is 48.9 Å². The Balaban J connectivity index is 1.83. The van der Waals surface area contributed by atoms with Crippen LogP contribution in [0.1, 0.15) is 52.0 Å². The topological polar surface area (TPSA) is 63.8 Å². The molecule has 5 nitrogen and oxygen atoms in total. The molecule has 1 unspecified atom stereocenters. The molecule has 1 fully saturated rings. The molecule has 0 aliphatic heterocycles. The predicted molar refractivity (Wildman–Crippen MR) is 89.0 cm³/mol. The average molecular weight is 322 g/mol. The Hall–Kier alpha value is -2.66. The number of methoxy groups -OCH3 is 1. The summed E-state index contributed by atoms with van der Waals surface area (Å²) in [6.07, 6.45) is 4.95. The molecule has 1 aliphatic carbocycles. The minimum Gasteiger partial charge on any atom is -0.465 e. The van der Waals surface area contributed by atoms with Crippen molar-refractivity contribution in [2.24, 2.45) is 0 Å². The SMILES string of the molecule is COC(=O)c1cccc(C(O)c2c(C3CC3)ccc3cncn23)c1. The van der Waals surface area contributed by atoms with Gasteiger partial charge < -0.3 is 9.84 Å². The number of ether oxygens (including phenoxy) is 1. The van der Waals surface area contributed by atoms with E-state index in [1.807, 2.05) is 16.5 Å². The van der Waals surface area contributed by atoms with Gasteiger partial charge in [-0.25, -0.2) is 9.78 Å². The number of aliphatic hydroxyl groups is 1. The number of rotatable bonds is 4. The van der Waals surface area contributed by atoms with Crippen molar-refractivity contribution in [2.45, 2.75) is 24.9 Å². The summed E-state index contributed by atoms with van der Waals surface area (Å²) < 4.78 is 6.70. The van der Waals surface area contributed by atoms with E-state index in [0.29, 0.717) is 17.0 Å². The lowest BCUT2D eigenvalue weighted by Gasteiger charge is -2.18. The molecule has 5 heteroatoms. The van der Waals surface area contributed by atoms with E-state index >= 15 is 0 Å². The zero-order valence-corrected chi connectivity index (χ0v) is 13.3. The number of hydrogen-bond acceptors (Lipinski definition) is 4. The molecule has 0 bridgehead atoms. The smallest absolute Gasteiger partial charge is 0.337 e. The third-order valence-electron chi connectivity index (χ3n) is 4.56. The molecule has 1 saturated carbocycles. The third kappa shape index (κ3) is 2.47. The Morgan fingerprint density at radius 3 is 2.92 bits per heavy atom. The van der Waals surface area contributed by atoms with E-state index < -0.39 is 12.1 Å². The molecule has 4 rings (SSSR count). The van der Waals surface area contributed by atoms with Crippen LogP contribution in [0.4, 0.5) is 0 Å². The molecule has 24 heavy (non-hydrogen) atoms. The number of pyridine rings is 1. The molecule has 3 aromatic rings. The van der Waals surface area contributed by atoms with Crippen LogP contribution < -0.4 is 0 Å². The van der Waals surface area contributed by atoms with E-state index in [4.69, 9.17) is 4.74 Å². The molecule has 2 heterocycles. The second-order valence-electron chi connectivity index (χ2n) is 6.16. The van der Waals surface area contributed by atoms with Crippen LogP contribution in [0.25, 0.3) is 5.52 Å². The summed E-state index contributed by atoms with van der Waals surface area (Å²) in [5.74, 6) is 0.0811. The summed E-state index contributed by atoms with van der Waals surface area (Å²) in [7, 11) is 1.35. The quantitative estimate of drug-likeness (QED) is 0.750. The minimum atomic E-state index is -0.830. The fourth-order valence-electron chi connectivity index (χ4n) is 3.17. The summed E-state index contributed by atoms with van der Waals surface area (Å²) in [6, 6.07) is 11.1. The molecule has 2 aromatic heterocycles. The summed E-state index contributed by atoms with van der Waals surface area (Å²) in [6.45, 7) is 0. The molecule has 0 radical (unpaired) electrons. The van der Waals surface area contributed by atoms with Crippen molar-refractivity contribution in [3.8, 4) is 0 Å². The number of benzene rings is 1. The largest absolute Gasteiger partial charge is 0.465 e. The third-order valence-corrected chi connectivity index (χ3v) is 4.56. The van der Waals surface area contributed by atoms with Crippen LogP contribution in [0.2, 0.25) is 0 Å². The number of aromatic nitrogens is 2. The van der Waals surface area contributed by atoms with Crippen molar-refractivity contribution in [3.63, 3.8) is 0 Å². The van der Waals surface area contributed by atoms with Gasteiger partial charge in [-0.1, -0.05) is 18.2 Å². The van der Waals surface area contributed by atoms with Gasteiger partial charge in [0, 0.05) is 0 Å². The average Bonchev–Trinajstić information content (AvgIpc) is 3.36. The van der Waals surface area contributed by atoms with E-state index in [2.05, 4.69) is 11.1 Å². The standard InChI is InChI=1S/C19H18N2O3/c1-24-19(23)14-4-2-3-13(9-14)18(22)17-16(12-5-6-12)8-7-15-10-20-11-21(15)17/h2-4,7-12,18,22H,5-6H2,1H3. The number of fused-ring (bicyclic) bond motifs is 1. The Kier molecular flexibility index (Phi) is 3.58. The van der Waals surface area contributed by atoms with Crippen LogP contribution in [0, 0.1) is 0 Å². The maximum Gasteiger partial charge on any atom is 0.337 e. The van der Waals surface area contributed by atoms with Gasteiger partial charge in [0.15, 0.2) is 0 Å². The highest BCUT2D eigenvalue weighted by Crippen LogP contribution is 2.44. The van der Waals surface area contributed by atoms with Gasteiger partial charge in [-0.2, -0.15) is 0 Å². The lowest BCUT2D eigenvalue weighted by Crippen LogP contribution is -2.10. The van der Waals surface area contributed by atoms with E-state index in [1.54, 1.807) is 30.7 Å². The van der Waals surface area contributed by atoms with Crippen LogP contribution in [-0.4, -0.2) is 27.6 Å². The molecule has 0 amide bonds. The molecular formula is C19H18N2O3. The molecule has 1 N–H and O–H groups in total. The van der Waals surface area contributed by atoms with Gasteiger partial charge in [0.2, 0.25) is 0 Å². The molecular weight excluding hydrogens is 304 g/mol. The predicted octanol–water partition coefficient (Wildman–Crippen LogP) is 3.08. The summed E-state index contributed by atoms with van der Waals surface area (Å²) in [4.78, 5) is 16.0. The first-order valence-corrected chi connectivity index (χ1v) is 8.00. The summed E-state index contributed by atoms with van der Waals surface area (Å²) in [5, 5.41) is 11.0. The van der Waals surface area contributed by atoms with E-state index in [1.165, 1.54) is 7.11 Å². The number of nitrogens with zero attached hydrogens (tertiary/aromatic N) is 2. The molecule has 1 aromatic carbocycles. The molecule has 1 atom stereocenters. The van der Waals surface area contributed by atoms with Crippen molar-refractivity contribution < 1.29 is 14.6 Å². The van der Waals surface area contributed by atoms with Gasteiger partial charge in [-0.05, 0) is 48.1 Å². The van der Waals surface area contributed by atoms with Gasteiger partial charge >= 0.3 is 5.97 Å². The van der Waals surface area contributed by atoms with Crippen molar-refractivity contribution in [3.05, 3.63) is 71.3 Å². The fourth-order valence-corrected chi connectivity index (χ4v) is 3.17. The highest BCUT2D eigenvalue weighted by atomic mass is 16.5. The van der Waals surface area contributed by atoms with Gasteiger partial charge in [0.05, 0.1) is 36.4 Å². The molecule has 122 valence electrons. The Labute approximate surface area is 139 Å². The van der Waals surface area contributed by atoms with Gasteiger partial charge in [-0.3, -0.25) is 4.40 Å². The van der Waals surface area contributed by atoms with Gasteiger partial charge in [-0.15, -0.1) is 0 Å². The highest BCUT2D eigenvalue weighted by Gasteiger charge is 2.30. The number of carbonyl (C=O) groups excluding carboxylic acids is 1.